The van der Waals surface area contributed by atoms with Crippen molar-refractivity contribution < 1.29 is 24.9 Å². The zero-order valence-electron chi connectivity index (χ0n) is 11.9. The van der Waals surface area contributed by atoms with Crippen molar-refractivity contribution in [1.29, 1.82) is 0 Å². The molecule has 1 heterocycles. The van der Waals surface area contributed by atoms with Crippen LogP contribution in [-0.2, 0) is 16.1 Å². The summed E-state index contributed by atoms with van der Waals surface area (Å²) in [7, 11) is 0. The molecule has 0 aliphatic carbocycles. The Balaban J connectivity index is 0.000000261. The highest BCUT2D eigenvalue weighted by molar-refractivity contribution is 5.89. The number of phenols is 1. The molecule has 0 unspecified atom stereocenters. The molecule has 0 amide bonds. The maximum absolute atomic E-state index is 9.55. The molecule has 118 valence electrons. The van der Waals surface area contributed by atoms with E-state index in [4.69, 9.17) is 15.9 Å². The van der Waals surface area contributed by atoms with Crippen molar-refractivity contribution in [3.63, 3.8) is 0 Å². The molecule has 1 aromatic heterocycles. The molecule has 8 nitrogen and oxygen atoms in total. The fourth-order valence-electron chi connectivity index (χ4n) is 1.62. The van der Waals surface area contributed by atoms with Gasteiger partial charge in [0.05, 0.1) is 18.3 Å². The van der Waals surface area contributed by atoms with Crippen LogP contribution in [0.25, 0.3) is 10.9 Å². The Hall–Kier alpha value is -2.87. The third-order valence-electron chi connectivity index (χ3n) is 2.46. The zero-order chi connectivity index (χ0) is 16.7. The molecular weight excluding hydrogens is 290 g/mol. The summed E-state index contributed by atoms with van der Waals surface area (Å²) >= 11 is 0. The number of aliphatic carboxylic acids is 2. The van der Waals surface area contributed by atoms with Gasteiger partial charge in [-0.2, -0.15) is 5.10 Å². The molecule has 0 fully saturated rings. The Kier molecular flexibility index (Phi) is 6.09. The van der Waals surface area contributed by atoms with Gasteiger partial charge in [0.15, 0.2) is 0 Å². The van der Waals surface area contributed by atoms with Crippen molar-refractivity contribution in [1.82, 2.24) is 9.78 Å². The third kappa shape index (κ3) is 5.63. The second kappa shape index (κ2) is 7.79. The van der Waals surface area contributed by atoms with Crippen LogP contribution in [0.4, 0.5) is 0 Å². The Morgan fingerprint density at radius 3 is 2.41 bits per heavy atom. The highest BCUT2D eigenvalue weighted by atomic mass is 16.4. The highest BCUT2D eigenvalue weighted by Gasteiger charge is 2.04. The van der Waals surface area contributed by atoms with Crippen LogP contribution in [0.1, 0.15) is 6.92 Å². The van der Waals surface area contributed by atoms with E-state index in [1.165, 1.54) is 0 Å². The number of fused-ring (bicyclic) bond motifs is 1. The lowest BCUT2D eigenvalue weighted by atomic mass is 10.2. The standard InChI is InChI=1S/C10H13N3O.C4H4O4/c1-7(11)6-13-10-4-9(14)3-2-8(10)5-12-13;5-3(6)1-2-4(7)8/h2-5,7,14H,6,11H2,1H3;1-2H,(H,5,6)(H,7,8)/b;2-1+/t7-;/m0./s1. The van der Waals surface area contributed by atoms with Gasteiger partial charge in [-0.1, -0.05) is 0 Å². The van der Waals surface area contributed by atoms with Crippen LogP contribution >= 0.6 is 0 Å². The summed E-state index contributed by atoms with van der Waals surface area (Å²) in [6, 6.07) is 5.25. The van der Waals surface area contributed by atoms with E-state index in [2.05, 4.69) is 5.10 Å². The van der Waals surface area contributed by atoms with E-state index in [0.29, 0.717) is 18.7 Å². The van der Waals surface area contributed by atoms with Gasteiger partial charge in [0.25, 0.3) is 0 Å². The molecule has 5 N–H and O–H groups in total. The second-order valence-corrected chi connectivity index (χ2v) is 4.56. The van der Waals surface area contributed by atoms with Gasteiger partial charge in [0, 0.05) is 29.6 Å². The van der Waals surface area contributed by atoms with E-state index in [9.17, 15) is 14.7 Å². The van der Waals surface area contributed by atoms with Crippen LogP contribution < -0.4 is 5.73 Å². The van der Waals surface area contributed by atoms with E-state index in [1.807, 2.05) is 13.0 Å². The number of hydrogen-bond acceptors (Lipinski definition) is 5. The molecule has 1 aromatic carbocycles. The van der Waals surface area contributed by atoms with Crippen LogP contribution in [0.2, 0.25) is 0 Å². The van der Waals surface area contributed by atoms with Crippen LogP contribution in [0.5, 0.6) is 5.75 Å². The van der Waals surface area contributed by atoms with Gasteiger partial charge in [-0.15, -0.1) is 0 Å². The Labute approximate surface area is 126 Å². The normalized spacial score (nSPS) is 11.9. The van der Waals surface area contributed by atoms with Crippen molar-refractivity contribution >= 4 is 22.8 Å². The summed E-state index contributed by atoms with van der Waals surface area (Å²) in [5.74, 6) is -2.26. The SMILES string of the molecule is C[C@H](N)Cn1ncc2ccc(O)cc21.O=C(O)/C=C/C(=O)O. The molecule has 8 heteroatoms. The van der Waals surface area contributed by atoms with E-state index < -0.39 is 11.9 Å². The molecule has 0 radical (unpaired) electrons. The highest BCUT2D eigenvalue weighted by Crippen LogP contribution is 2.19. The van der Waals surface area contributed by atoms with Gasteiger partial charge in [-0.25, -0.2) is 9.59 Å². The van der Waals surface area contributed by atoms with Crippen LogP contribution in [-0.4, -0.2) is 43.1 Å². The number of aromatic hydroxyl groups is 1. The minimum atomic E-state index is -1.26. The van der Waals surface area contributed by atoms with Gasteiger partial charge in [0.1, 0.15) is 5.75 Å². The van der Waals surface area contributed by atoms with Crippen LogP contribution in [0.3, 0.4) is 0 Å². The maximum atomic E-state index is 9.55. The number of hydrogen-bond donors (Lipinski definition) is 4. The number of phenolic OH excluding ortho intramolecular Hbond substituents is 1. The number of rotatable bonds is 4. The summed E-state index contributed by atoms with van der Waals surface area (Å²) in [5.41, 5.74) is 6.61. The molecule has 0 aliphatic heterocycles. The molecule has 0 saturated heterocycles. The number of aromatic nitrogens is 2. The number of benzene rings is 1. The van der Waals surface area contributed by atoms with Gasteiger partial charge in [-0.3, -0.25) is 4.68 Å². The van der Waals surface area contributed by atoms with Gasteiger partial charge in [-0.05, 0) is 19.1 Å². The van der Waals surface area contributed by atoms with Gasteiger partial charge < -0.3 is 21.1 Å². The minimum Gasteiger partial charge on any atom is -0.508 e. The average Bonchev–Trinajstić information content (AvgIpc) is 2.79. The molecule has 0 aliphatic rings. The molecule has 0 saturated carbocycles. The Morgan fingerprint density at radius 1 is 1.32 bits per heavy atom. The number of carbonyl (C=O) groups is 2. The van der Waals surface area contributed by atoms with Crippen molar-refractivity contribution in [3.8, 4) is 5.75 Å². The summed E-state index contributed by atoms with van der Waals surface area (Å²) in [4.78, 5) is 19.1. The number of nitrogens with zero attached hydrogens (tertiary/aromatic N) is 2. The topological polar surface area (TPSA) is 139 Å². The second-order valence-electron chi connectivity index (χ2n) is 4.56. The zero-order valence-corrected chi connectivity index (χ0v) is 11.9. The van der Waals surface area contributed by atoms with Crippen molar-refractivity contribution in [3.05, 3.63) is 36.5 Å². The van der Waals surface area contributed by atoms with Gasteiger partial charge in [0.2, 0.25) is 0 Å². The average molecular weight is 307 g/mol. The predicted octanol–water partition coefficient (Wildman–Crippen LogP) is 0.801. The molecule has 22 heavy (non-hydrogen) atoms. The van der Waals surface area contributed by atoms with Crippen molar-refractivity contribution in [2.45, 2.75) is 19.5 Å². The summed E-state index contributed by atoms with van der Waals surface area (Å²) < 4.78 is 1.81. The van der Waals surface area contributed by atoms with Crippen molar-refractivity contribution in [2.75, 3.05) is 0 Å². The van der Waals surface area contributed by atoms with Gasteiger partial charge >= 0.3 is 11.9 Å². The number of nitrogens with two attached hydrogens (primary N) is 1. The summed E-state index contributed by atoms with van der Waals surface area (Å²) in [6.45, 7) is 2.59. The smallest absolute Gasteiger partial charge is 0.328 e. The maximum Gasteiger partial charge on any atom is 0.328 e. The summed E-state index contributed by atoms with van der Waals surface area (Å²) in [5, 5.41) is 30.2. The number of carboxylic acids is 2. The molecule has 0 spiro atoms. The predicted molar refractivity (Wildman–Crippen MR) is 79.5 cm³/mol. The largest absolute Gasteiger partial charge is 0.508 e. The summed E-state index contributed by atoms with van der Waals surface area (Å²) in [6.07, 6.45) is 2.89. The van der Waals surface area contributed by atoms with Crippen LogP contribution in [0, 0.1) is 0 Å². The molecule has 0 bridgehead atoms. The van der Waals surface area contributed by atoms with E-state index >= 15 is 0 Å². The Bertz CT molecular complexity index is 675. The first-order valence-corrected chi connectivity index (χ1v) is 6.33. The minimum absolute atomic E-state index is 0.0560. The Morgan fingerprint density at radius 2 is 1.91 bits per heavy atom. The van der Waals surface area contributed by atoms with Crippen LogP contribution in [0.15, 0.2) is 36.5 Å². The van der Waals surface area contributed by atoms with Crippen molar-refractivity contribution in [2.24, 2.45) is 5.73 Å². The molecule has 2 rings (SSSR count). The molecule has 1 atom stereocenters. The quantitative estimate of drug-likeness (QED) is 0.613. The lowest BCUT2D eigenvalue weighted by Crippen LogP contribution is -2.22. The molecular formula is C14H17N3O5. The van der Waals surface area contributed by atoms with E-state index in [0.717, 1.165) is 10.9 Å². The first-order valence-electron chi connectivity index (χ1n) is 6.33. The first kappa shape index (κ1) is 17.2. The fraction of sp³-hybridized carbons (Fsp3) is 0.214. The first-order chi connectivity index (χ1) is 10.3. The van der Waals surface area contributed by atoms with E-state index in [1.54, 1.807) is 23.0 Å². The third-order valence-corrected chi connectivity index (χ3v) is 2.46. The fourth-order valence-corrected chi connectivity index (χ4v) is 1.62. The monoisotopic (exact) mass is 307 g/mol. The molecule has 2 aromatic rings. The lowest BCUT2D eigenvalue weighted by molar-refractivity contribution is -0.134. The van der Waals surface area contributed by atoms with E-state index in [-0.39, 0.29) is 11.8 Å². The number of carboxylic acid groups (broad SMARTS) is 2. The lowest BCUT2D eigenvalue weighted by Gasteiger charge is -2.06.